The number of nitrogens with zero attached hydrogens (tertiary/aromatic N) is 1. The van der Waals surface area contributed by atoms with Gasteiger partial charge in [-0.2, -0.15) is 0 Å². The molecule has 0 aliphatic heterocycles. The normalized spacial score (nSPS) is 11.6. The summed E-state index contributed by atoms with van der Waals surface area (Å²) in [7, 11) is 0.936. The van der Waals surface area contributed by atoms with E-state index < -0.39 is 9.84 Å². The zero-order valence-corrected chi connectivity index (χ0v) is 13.0. The number of carbonyl (C=O) groups is 1. The third-order valence-corrected chi connectivity index (χ3v) is 3.57. The van der Waals surface area contributed by atoms with Gasteiger partial charge in [0.15, 0.2) is 9.84 Å². The quantitative estimate of drug-likeness (QED) is 0.760. The Morgan fingerprint density at radius 2 is 1.80 bits per heavy atom. The molecule has 0 bridgehead atoms. The Balaban J connectivity index is 2.49. The number of hydrogen-bond acceptors (Lipinski definition) is 4. The molecule has 0 atom stereocenters. The van der Waals surface area contributed by atoms with Crippen LogP contribution in [-0.2, 0) is 15.6 Å². The van der Waals surface area contributed by atoms with Gasteiger partial charge in [0, 0.05) is 18.4 Å². The van der Waals surface area contributed by atoms with Crippen molar-refractivity contribution in [2.75, 3.05) is 33.4 Å². The van der Waals surface area contributed by atoms with Gasteiger partial charge < -0.3 is 10.2 Å². The second kappa shape index (κ2) is 7.40. The van der Waals surface area contributed by atoms with E-state index in [2.05, 4.69) is 10.2 Å². The van der Waals surface area contributed by atoms with Crippen molar-refractivity contribution >= 4 is 15.7 Å². The molecule has 0 aliphatic carbocycles. The molecule has 6 heteroatoms. The highest BCUT2D eigenvalue weighted by Crippen LogP contribution is 2.07. The predicted molar refractivity (Wildman–Crippen MR) is 80.5 cm³/mol. The Kier molecular flexibility index (Phi) is 6.16. The maximum absolute atomic E-state index is 11.8. The van der Waals surface area contributed by atoms with Crippen molar-refractivity contribution in [3.05, 3.63) is 35.4 Å². The molecule has 5 nitrogen and oxygen atoms in total. The number of carbonyl (C=O) groups excluding carboxylic acids is 1. The van der Waals surface area contributed by atoms with Gasteiger partial charge in [-0.25, -0.2) is 8.42 Å². The second-order valence-corrected chi connectivity index (χ2v) is 7.32. The van der Waals surface area contributed by atoms with Crippen LogP contribution in [0, 0.1) is 0 Å². The summed E-state index contributed by atoms with van der Waals surface area (Å²) in [5.74, 6) is -0.132. The predicted octanol–water partition coefficient (Wildman–Crippen LogP) is 0.913. The first-order valence-corrected chi connectivity index (χ1v) is 8.53. The van der Waals surface area contributed by atoms with E-state index in [1.165, 1.54) is 6.26 Å². The van der Waals surface area contributed by atoms with E-state index in [1.54, 1.807) is 24.3 Å². The number of benzene rings is 1. The van der Waals surface area contributed by atoms with Gasteiger partial charge in [0.2, 0.25) is 0 Å². The fraction of sp³-hybridized carbons (Fsp3) is 0.500. The van der Waals surface area contributed by atoms with E-state index in [0.717, 1.165) is 13.0 Å². The highest BCUT2D eigenvalue weighted by Gasteiger charge is 2.07. The molecule has 1 rings (SSSR count). The molecule has 0 aromatic heterocycles. The first kappa shape index (κ1) is 16.7. The first-order valence-electron chi connectivity index (χ1n) is 6.47. The van der Waals surface area contributed by atoms with Gasteiger partial charge in [0.1, 0.15) is 0 Å². The topological polar surface area (TPSA) is 66.5 Å². The number of rotatable bonds is 7. The monoisotopic (exact) mass is 298 g/mol. The maximum atomic E-state index is 11.8. The van der Waals surface area contributed by atoms with Crippen LogP contribution < -0.4 is 5.32 Å². The lowest BCUT2D eigenvalue weighted by atomic mass is 10.1. The molecule has 20 heavy (non-hydrogen) atoms. The molecule has 0 fully saturated rings. The fourth-order valence-electron chi connectivity index (χ4n) is 1.75. The van der Waals surface area contributed by atoms with E-state index in [4.69, 9.17) is 0 Å². The average molecular weight is 298 g/mol. The maximum Gasteiger partial charge on any atom is 0.251 e. The van der Waals surface area contributed by atoms with Gasteiger partial charge in [-0.05, 0) is 44.8 Å². The van der Waals surface area contributed by atoms with Gasteiger partial charge in [-0.3, -0.25) is 4.79 Å². The summed E-state index contributed by atoms with van der Waals surface area (Å²) in [6.07, 6.45) is 2.09. The minimum absolute atomic E-state index is 0.00225. The molecule has 0 radical (unpaired) electrons. The van der Waals surface area contributed by atoms with Crippen molar-refractivity contribution in [2.24, 2.45) is 0 Å². The van der Waals surface area contributed by atoms with Crippen LogP contribution >= 0.6 is 0 Å². The summed E-state index contributed by atoms with van der Waals surface area (Å²) in [6.45, 7) is 1.55. The highest BCUT2D eigenvalue weighted by atomic mass is 32.2. The van der Waals surface area contributed by atoms with E-state index >= 15 is 0 Å². The second-order valence-electron chi connectivity index (χ2n) is 5.18. The third kappa shape index (κ3) is 6.68. The zero-order chi connectivity index (χ0) is 15.2. The number of hydrogen-bond donors (Lipinski definition) is 1. The Morgan fingerprint density at radius 1 is 1.20 bits per heavy atom. The molecule has 1 amide bonds. The van der Waals surface area contributed by atoms with Crippen LogP contribution in [0.5, 0.6) is 0 Å². The Morgan fingerprint density at radius 3 is 2.30 bits per heavy atom. The Hall–Kier alpha value is -1.40. The molecule has 0 aliphatic rings. The molecule has 1 aromatic carbocycles. The van der Waals surface area contributed by atoms with Crippen molar-refractivity contribution in [3.63, 3.8) is 0 Å². The summed E-state index contributed by atoms with van der Waals surface area (Å²) in [5.41, 5.74) is 1.24. The average Bonchev–Trinajstić information content (AvgIpc) is 2.33. The summed E-state index contributed by atoms with van der Waals surface area (Å²) < 4.78 is 22.3. The minimum atomic E-state index is -3.04. The van der Waals surface area contributed by atoms with Crippen molar-refractivity contribution in [3.8, 4) is 0 Å². The van der Waals surface area contributed by atoms with E-state index in [1.807, 2.05) is 14.1 Å². The molecule has 0 spiro atoms. The molecule has 0 saturated heterocycles. The standard InChI is InChI=1S/C14H22N2O3S/c1-16(2)10-4-9-15-14(17)13-7-5-12(6-8-13)11-20(3,18)19/h5-8H,4,9-11H2,1-3H3,(H,15,17). The van der Waals surface area contributed by atoms with Crippen LogP contribution in [0.2, 0.25) is 0 Å². The Bertz CT molecular complexity index is 536. The smallest absolute Gasteiger partial charge is 0.251 e. The van der Waals surface area contributed by atoms with Gasteiger partial charge in [-0.1, -0.05) is 12.1 Å². The van der Waals surface area contributed by atoms with Crippen LogP contribution in [0.1, 0.15) is 22.3 Å². The molecule has 1 aromatic rings. The lowest BCUT2D eigenvalue weighted by Gasteiger charge is -2.10. The largest absolute Gasteiger partial charge is 0.352 e. The van der Waals surface area contributed by atoms with Crippen molar-refractivity contribution in [2.45, 2.75) is 12.2 Å². The summed E-state index contributed by atoms with van der Waals surface area (Å²) in [5, 5.41) is 2.84. The summed E-state index contributed by atoms with van der Waals surface area (Å²) >= 11 is 0. The SMILES string of the molecule is CN(C)CCCNC(=O)c1ccc(CS(C)(=O)=O)cc1. The number of nitrogens with one attached hydrogen (secondary N) is 1. The zero-order valence-electron chi connectivity index (χ0n) is 12.2. The van der Waals surface area contributed by atoms with Crippen LogP contribution in [0.4, 0.5) is 0 Å². The van der Waals surface area contributed by atoms with Crippen molar-refractivity contribution in [1.29, 1.82) is 0 Å². The Labute approximate surface area is 120 Å². The molecule has 1 N–H and O–H groups in total. The summed E-state index contributed by atoms with van der Waals surface area (Å²) in [6, 6.07) is 6.66. The van der Waals surface area contributed by atoms with E-state index in [0.29, 0.717) is 17.7 Å². The molecular weight excluding hydrogens is 276 g/mol. The lowest BCUT2D eigenvalue weighted by molar-refractivity contribution is 0.0952. The molecule has 0 heterocycles. The van der Waals surface area contributed by atoms with E-state index in [9.17, 15) is 13.2 Å². The van der Waals surface area contributed by atoms with E-state index in [-0.39, 0.29) is 11.7 Å². The van der Waals surface area contributed by atoms with Gasteiger partial charge in [-0.15, -0.1) is 0 Å². The highest BCUT2D eigenvalue weighted by molar-refractivity contribution is 7.89. The van der Waals surface area contributed by atoms with Gasteiger partial charge in [0.05, 0.1) is 5.75 Å². The third-order valence-electron chi connectivity index (χ3n) is 2.71. The number of sulfone groups is 1. The van der Waals surface area contributed by atoms with Crippen LogP contribution in [0.3, 0.4) is 0 Å². The van der Waals surface area contributed by atoms with Gasteiger partial charge in [0.25, 0.3) is 5.91 Å². The fourth-order valence-corrected chi connectivity index (χ4v) is 2.55. The van der Waals surface area contributed by atoms with Gasteiger partial charge >= 0.3 is 0 Å². The molecule has 0 unspecified atom stereocenters. The molecule has 0 saturated carbocycles. The van der Waals surface area contributed by atoms with Crippen LogP contribution in [-0.4, -0.2) is 52.7 Å². The molecule has 112 valence electrons. The lowest BCUT2D eigenvalue weighted by Crippen LogP contribution is -2.27. The van der Waals surface area contributed by atoms with Crippen LogP contribution in [0.15, 0.2) is 24.3 Å². The number of amides is 1. The minimum Gasteiger partial charge on any atom is -0.352 e. The molecular formula is C14H22N2O3S. The van der Waals surface area contributed by atoms with Crippen LogP contribution in [0.25, 0.3) is 0 Å². The summed E-state index contributed by atoms with van der Waals surface area (Å²) in [4.78, 5) is 13.9. The van der Waals surface area contributed by atoms with Crippen molar-refractivity contribution in [1.82, 2.24) is 10.2 Å². The first-order chi connectivity index (χ1) is 9.28. The van der Waals surface area contributed by atoms with Crippen molar-refractivity contribution < 1.29 is 13.2 Å².